The number of anilines is 1. The summed E-state index contributed by atoms with van der Waals surface area (Å²) in [6.45, 7) is 24.1. The fourth-order valence-electron chi connectivity index (χ4n) is 3.35. The van der Waals surface area contributed by atoms with Crippen LogP contribution in [0.4, 0.5) is 5.69 Å². The van der Waals surface area contributed by atoms with Crippen LogP contribution in [0.1, 0.15) is 67.1 Å². The Labute approximate surface area is 241 Å². The molecule has 1 atom stereocenters. The third-order valence-electron chi connectivity index (χ3n) is 7.90. The predicted molar refractivity (Wildman–Crippen MR) is 160 cm³/mol. The predicted octanol–water partition coefficient (Wildman–Crippen LogP) is 6.82. The summed E-state index contributed by atoms with van der Waals surface area (Å²) in [5.41, 5.74) is 0.803. The van der Waals surface area contributed by atoms with E-state index in [2.05, 4.69) is 73.8 Å². The zero-order valence-corrected chi connectivity index (χ0v) is 28.6. The molecule has 1 fully saturated rings. The Hall–Kier alpha value is -2.82. The molecule has 2 rings (SSSR count). The van der Waals surface area contributed by atoms with Gasteiger partial charge in [0.1, 0.15) is 0 Å². The van der Waals surface area contributed by atoms with Crippen LogP contribution in [-0.4, -0.2) is 48.5 Å². The van der Waals surface area contributed by atoms with Gasteiger partial charge in [-0.15, -0.1) is 0 Å². The summed E-state index contributed by atoms with van der Waals surface area (Å²) in [5.74, 6) is -2.08. The number of benzene rings is 1. The van der Waals surface area contributed by atoms with Gasteiger partial charge in [-0.1, -0.05) is 41.5 Å². The number of rotatable bonds is 8. The molecule has 0 aromatic heterocycles. The molecule has 222 valence electrons. The molecule has 0 radical (unpaired) electrons. The van der Waals surface area contributed by atoms with Crippen molar-refractivity contribution in [3.63, 3.8) is 0 Å². The Morgan fingerprint density at radius 1 is 0.975 bits per heavy atom. The second kappa shape index (κ2) is 11.2. The third kappa shape index (κ3) is 7.27. The van der Waals surface area contributed by atoms with Crippen molar-refractivity contribution < 1.29 is 32.7 Å². The smallest absolute Gasteiger partial charge is 0.350 e. The van der Waals surface area contributed by atoms with Crippen molar-refractivity contribution in [3.8, 4) is 17.6 Å². The first kappa shape index (κ1) is 33.4. The summed E-state index contributed by atoms with van der Waals surface area (Å²) < 4.78 is 29.6. The van der Waals surface area contributed by atoms with E-state index >= 15 is 0 Å². The maximum Gasteiger partial charge on any atom is 0.350 e. The first-order valence-corrected chi connectivity index (χ1v) is 19.2. The molecule has 1 unspecified atom stereocenters. The summed E-state index contributed by atoms with van der Waals surface area (Å²) in [5, 5.41) is 9.93. The van der Waals surface area contributed by atoms with E-state index in [1.807, 2.05) is 0 Å². The Kier molecular flexibility index (Phi) is 9.37. The SMILES string of the molecule is COc1cc(C(C#N)O[Si](C)(C)C(C)(C)C)cc(N(C)C=C2C(=O)OC(C)(C)OC2=O)c1O[Si](C)(C)C(C)(C)C. The van der Waals surface area contributed by atoms with Crippen LogP contribution in [0.2, 0.25) is 36.3 Å². The van der Waals surface area contributed by atoms with Crippen LogP contribution in [-0.2, 0) is 23.5 Å². The molecule has 1 aliphatic heterocycles. The first-order valence-electron chi connectivity index (χ1n) is 13.4. The number of methoxy groups -OCH3 is 1. The second-order valence-electron chi connectivity index (χ2n) is 13.7. The molecule has 0 N–H and O–H groups in total. The van der Waals surface area contributed by atoms with Gasteiger partial charge in [0.15, 0.2) is 31.5 Å². The second-order valence-corrected chi connectivity index (χ2v) is 23.1. The van der Waals surface area contributed by atoms with Crippen LogP contribution < -0.4 is 14.1 Å². The number of carbonyl (C=O) groups is 2. The maximum absolute atomic E-state index is 12.7. The van der Waals surface area contributed by atoms with Crippen LogP contribution >= 0.6 is 0 Å². The van der Waals surface area contributed by atoms with Gasteiger partial charge in [-0.2, -0.15) is 5.26 Å². The highest BCUT2D eigenvalue weighted by molar-refractivity contribution is 6.75. The lowest BCUT2D eigenvalue weighted by atomic mass is 10.1. The highest BCUT2D eigenvalue weighted by Gasteiger charge is 2.43. The van der Waals surface area contributed by atoms with Gasteiger partial charge in [-0.3, -0.25) is 0 Å². The lowest BCUT2D eigenvalue weighted by molar-refractivity contribution is -0.222. The molecular formula is C29H46N2O7Si2. The van der Waals surface area contributed by atoms with Gasteiger partial charge >= 0.3 is 11.9 Å². The summed E-state index contributed by atoms with van der Waals surface area (Å²) >= 11 is 0. The van der Waals surface area contributed by atoms with Crippen molar-refractivity contribution >= 4 is 34.3 Å². The van der Waals surface area contributed by atoms with Crippen LogP contribution in [0.15, 0.2) is 23.9 Å². The average molecular weight is 591 g/mol. The van der Waals surface area contributed by atoms with Gasteiger partial charge in [0.2, 0.25) is 0 Å². The lowest BCUT2D eigenvalue weighted by Gasteiger charge is -2.39. The van der Waals surface area contributed by atoms with Crippen molar-refractivity contribution in [1.82, 2.24) is 0 Å². The van der Waals surface area contributed by atoms with Crippen molar-refractivity contribution in [2.24, 2.45) is 0 Å². The molecule has 9 nitrogen and oxygen atoms in total. The van der Waals surface area contributed by atoms with E-state index in [1.54, 1.807) is 24.1 Å². The Bertz CT molecular complexity index is 1200. The maximum atomic E-state index is 12.7. The monoisotopic (exact) mass is 590 g/mol. The van der Waals surface area contributed by atoms with Crippen molar-refractivity contribution in [3.05, 3.63) is 29.5 Å². The number of cyclic esters (lactones) is 2. The van der Waals surface area contributed by atoms with E-state index in [-0.39, 0.29) is 15.6 Å². The molecule has 1 aromatic carbocycles. The lowest BCUT2D eigenvalue weighted by Crippen LogP contribution is -2.44. The summed E-state index contributed by atoms with van der Waals surface area (Å²) in [7, 11) is -1.49. The summed E-state index contributed by atoms with van der Waals surface area (Å²) in [6, 6.07) is 5.85. The van der Waals surface area contributed by atoms with Gasteiger partial charge in [0, 0.05) is 32.7 Å². The Balaban J connectivity index is 2.76. The largest absolute Gasteiger partial charge is 0.540 e. The summed E-state index contributed by atoms with van der Waals surface area (Å²) in [4.78, 5) is 27.0. The van der Waals surface area contributed by atoms with Gasteiger partial charge in [-0.25, -0.2) is 9.59 Å². The number of esters is 2. The first-order chi connectivity index (χ1) is 18.0. The molecule has 1 saturated heterocycles. The number of nitriles is 1. The highest BCUT2D eigenvalue weighted by atomic mass is 28.4. The van der Waals surface area contributed by atoms with E-state index in [0.29, 0.717) is 22.7 Å². The minimum absolute atomic E-state index is 0.114. The fraction of sp³-hybridized carbons (Fsp3) is 0.621. The van der Waals surface area contributed by atoms with Crippen molar-refractivity contribution in [2.45, 2.75) is 104 Å². The molecule has 40 heavy (non-hydrogen) atoms. The van der Waals surface area contributed by atoms with Gasteiger partial charge < -0.3 is 28.0 Å². The number of carbonyl (C=O) groups excluding carboxylic acids is 2. The molecule has 0 saturated carbocycles. The van der Waals surface area contributed by atoms with Crippen molar-refractivity contribution in [2.75, 3.05) is 19.1 Å². The molecular weight excluding hydrogens is 544 g/mol. The average Bonchev–Trinajstić information content (AvgIpc) is 2.77. The van der Waals surface area contributed by atoms with Crippen LogP contribution in [0.3, 0.4) is 0 Å². The standard InChI is InChI=1S/C29H46N2O7Si2/c1-27(2,3)39(11,12)37-23(17-30)19-15-21(24(22(16-19)34-10)38-40(13,14)28(4,5)6)31(9)18-20-25(32)35-29(7,8)36-26(20)33/h15-16,18,23H,1-14H3. The molecule has 0 amide bonds. The van der Waals surface area contributed by atoms with Gasteiger partial charge in [0.25, 0.3) is 14.1 Å². The number of nitrogens with zero attached hydrogens (tertiary/aromatic N) is 2. The van der Waals surface area contributed by atoms with Crippen LogP contribution in [0.25, 0.3) is 0 Å². The fourth-order valence-corrected chi connectivity index (χ4v) is 5.51. The zero-order valence-electron chi connectivity index (χ0n) is 26.6. The van der Waals surface area contributed by atoms with E-state index < -0.39 is 40.5 Å². The molecule has 11 heteroatoms. The molecule has 1 aliphatic rings. The Morgan fingerprint density at radius 2 is 1.48 bits per heavy atom. The molecule has 0 aliphatic carbocycles. The van der Waals surface area contributed by atoms with Crippen molar-refractivity contribution in [1.29, 1.82) is 5.26 Å². The van der Waals surface area contributed by atoms with E-state index in [4.69, 9.17) is 23.1 Å². The Morgan fingerprint density at radius 3 is 1.90 bits per heavy atom. The quantitative estimate of drug-likeness (QED) is 0.139. The topological polar surface area (TPSA) is 107 Å². The van der Waals surface area contributed by atoms with E-state index in [1.165, 1.54) is 27.2 Å². The number of hydrogen-bond acceptors (Lipinski definition) is 9. The van der Waals surface area contributed by atoms with E-state index in [9.17, 15) is 14.9 Å². The van der Waals surface area contributed by atoms with Gasteiger partial charge in [0.05, 0.1) is 18.9 Å². The molecule has 0 spiro atoms. The molecule has 0 bridgehead atoms. The zero-order chi connectivity index (χ0) is 31.1. The normalized spacial score (nSPS) is 16.9. The minimum Gasteiger partial charge on any atom is -0.540 e. The van der Waals surface area contributed by atoms with Crippen LogP contribution in [0, 0.1) is 11.3 Å². The molecule has 1 heterocycles. The van der Waals surface area contributed by atoms with Gasteiger partial charge in [-0.05, 0) is 48.4 Å². The highest BCUT2D eigenvalue weighted by Crippen LogP contribution is 2.47. The number of hydrogen-bond donors (Lipinski definition) is 0. The van der Waals surface area contributed by atoms with Crippen LogP contribution in [0.5, 0.6) is 11.5 Å². The van der Waals surface area contributed by atoms with E-state index in [0.717, 1.165) is 0 Å². The number of ether oxygens (including phenoxy) is 3. The third-order valence-corrected chi connectivity index (χ3v) is 16.7. The summed E-state index contributed by atoms with van der Waals surface area (Å²) in [6.07, 6.45) is 0.481. The minimum atomic E-state index is -2.38. The molecule has 1 aromatic rings.